The van der Waals surface area contributed by atoms with E-state index in [0.29, 0.717) is 11.3 Å². The number of nitrogens with zero attached hydrogens (tertiary/aromatic N) is 1. The molecule has 1 aliphatic rings. The molecule has 19 heavy (non-hydrogen) atoms. The molecule has 2 unspecified atom stereocenters. The minimum absolute atomic E-state index is 0.107. The van der Waals surface area contributed by atoms with Crippen molar-refractivity contribution in [2.24, 2.45) is 0 Å². The van der Waals surface area contributed by atoms with Gasteiger partial charge < -0.3 is 10.0 Å². The number of carbonyl (C=O) groups is 2. The minimum Gasteiger partial charge on any atom is -0.480 e. The van der Waals surface area contributed by atoms with Crippen LogP contribution in [0.3, 0.4) is 0 Å². The first-order valence-corrected chi connectivity index (χ1v) is 7.98. The third kappa shape index (κ3) is 2.74. The Balaban J connectivity index is 2.37. The monoisotopic (exact) mass is 391 g/mol. The molecule has 1 fully saturated rings. The fraction of sp³-hybridized carbons (Fsp3) is 0.385. The Bertz CT molecular complexity index is 535. The summed E-state index contributed by atoms with van der Waals surface area (Å²) in [5, 5.41) is 9.11. The number of carbonyl (C=O) groups excluding carboxylic acids is 1. The van der Waals surface area contributed by atoms with Crippen LogP contribution in [-0.2, 0) is 4.79 Å². The fourth-order valence-electron chi connectivity index (χ4n) is 2.09. The van der Waals surface area contributed by atoms with E-state index in [1.807, 2.05) is 26.0 Å². The summed E-state index contributed by atoms with van der Waals surface area (Å²) in [6.07, 6.45) is 0. The van der Waals surface area contributed by atoms with E-state index in [-0.39, 0.29) is 11.3 Å². The van der Waals surface area contributed by atoms with Gasteiger partial charge in [-0.25, -0.2) is 4.79 Å². The second kappa shape index (κ2) is 5.70. The molecular weight excluding hydrogens is 377 g/mol. The molecule has 0 spiro atoms. The Morgan fingerprint density at radius 3 is 2.79 bits per heavy atom. The van der Waals surface area contributed by atoms with Crippen LogP contribution in [0.2, 0.25) is 0 Å². The van der Waals surface area contributed by atoms with Crippen LogP contribution >= 0.6 is 34.4 Å². The predicted octanol–water partition coefficient (Wildman–Crippen LogP) is 2.59. The second-order valence-electron chi connectivity index (χ2n) is 4.44. The SMILES string of the molecule is Cc1cccc(C(=O)N2C(C)SCC2C(=O)O)c1I. The Labute approximate surface area is 129 Å². The topological polar surface area (TPSA) is 57.6 Å². The third-order valence-electron chi connectivity index (χ3n) is 3.16. The van der Waals surface area contributed by atoms with Crippen LogP contribution in [0, 0.1) is 10.5 Å². The Kier molecular flexibility index (Phi) is 4.39. The normalized spacial score (nSPS) is 22.6. The number of hydrogen-bond donors (Lipinski definition) is 1. The molecule has 2 atom stereocenters. The zero-order valence-corrected chi connectivity index (χ0v) is 13.6. The number of amides is 1. The van der Waals surface area contributed by atoms with Crippen molar-refractivity contribution in [1.29, 1.82) is 0 Å². The van der Waals surface area contributed by atoms with E-state index < -0.39 is 12.0 Å². The molecule has 2 rings (SSSR count). The van der Waals surface area contributed by atoms with Crippen molar-refractivity contribution >= 4 is 46.2 Å². The first-order valence-electron chi connectivity index (χ1n) is 5.85. The molecule has 1 aliphatic heterocycles. The van der Waals surface area contributed by atoms with Gasteiger partial charge in [-0.3, -0.25) is 4.79 Å². The van der Waals surface area contributed by atoms with Gasteiger partial charge in [-0.05, 0) is 48.1 Å². The summed E-state index contributed by atoms with van der Waals surface area (Å²) >= 11 is 3.63. The van der Waals surface area contributed by atoms with Gasteiger partial charge in [0.15, 0.2) is 0 Å². The lowest BCUT2D eigenvalue weighted by atomic mass is 10.1. The summed E-state index contributed by atoms with van der Waals surface area (Å²) in [5.74, 6) is -0.684. The maximum absolute atomic E-state index is 12.6. The lowest BCUT2D eigenvalue weighted by Gasteiger charge is -2.25. The van der Waals surface area contributed by atoms with Gasteiger partial charge in [0.1, 0.15) is 6.04 Å². The Morgan fingerprint density at radius 2 is 2.16 bits per heavy atom. The molecule has 1 aromatic carbocycles. The maximum atomic E-state index is 12.6. The van der Waals surface area contributed by atoms with Crippen LogP contribution in [0.25, 0.3) is 0 Å². The van der Waals surface area contributed by atoms with Gasteiger partial charge in [-0.2, -0.15) is 0 Å². The van der Waals surface area contributed by atoms with Crippen molar-refractivity contribution in [3.05, 3.63) is 32.9 Å². The van der Waals surface area contributed by atoms with Gasteiger partial charge in [0.25, 0.3) is 5.91 Å². The van der Waals surface area contributed by atoms with E-state index >= 15 is 0 Å². The number of hydrogen-bond acceptors (Lipinski definition) is 3. The highest BCUT2D eigenvalue weighted by atomic mass is 127. The van der Waals surface area contributed by atoms with Gasteiger partial charge in [-0.1, -0.05) is 12.1 Å². The molecule has 102 valence electrons. The summed E-state index contributed by atoms with van der Waals surface area (Å²) in [6, 6.07) is 4.79. The van der Waals surface area contributed by atoms with Gasteiger partial charge in [0.2, 0.25) is 0 Å². The molecule has 1 N–H and O–H groups in total. The molecule has 0 bridgehead atoms. The summed E-state index contributed by atoms with van der Waals surface area (Å²) in [5.41, 5.74) is 1.61. The number of thioether (sulfide) groups is 1. The molecule has 1 amide bonds. The van der Waals surface area contributed by atoms with E-state index in [9.17, 15) is 14.7 Å². The molecular formula is C13H14INO3S. The first kappa shape index (κ1) is 14.6. The van der Waals surface area contributed by atoms with Crippen molar-refractivity contribution in [3.63, 3.8) is 0 Å². The number of carboxylic acid groups (broad SMARTS) is 1. The summed E-state index contributed by atoms with van der Waals surface area (Å²) in [4.78, 5) is 25.3. The van der Waals surface area contributed by atoms with Crippen LogP contribution in [0.4, 0.5) is 0 Å². The van der Waals surface area contributed by atoms with Gasteiger partial charge in [0.05, 0.1) is 10.9 Å². The van der Waals surface area contributed by atoms with Crippen molar-refractivity contribution in [1.82, 2.24) is 4.90 Å². The van der Waals surface area contributed by atoms with Crippen molar-refractivity contribution in [2.45, 2.75) is 25.3 Å². The molecule has 1 heterocycles. The number of halogens is 1. The highest BCUT2D eigenvalue weighted by Crippen LogP contribution is 2.31. The van der Waals surface area contributed by atoms with Gasteiger partial charge >= 0.3 is 5.97 Å². The van der Waals surface area contributed by atoms with E-state index in [2.05, 4.69) is 22.6 Å². The van der Waals surface area contributed by atoms with E-state index in [4.69, 9.17) is 0 Å². The van der Waals surface area contributed by atoms with Crippen LogP contribution in [-0.4, -0.2) is 39.1 Å². The quantitative estimate of drug-likeness (QED) is 0.788. The lowest BCUT2D eigenvalue weighted by molar-refractivity contribution is -0.141. The van der Waals surface area contributed by atoms with Gasteiger partial charge in [0, 0.05) is 9.32 Å². The number of carboxylic acids is 1. The van der Waals surface area contributed by atoms with E-state index in [1.165, 1.54) is 16.7 Å². The molecule has 0 aliphatic carbocycles. The average Bonchev–Trinajstić information content (AvgIpc) is 2.74. The van der Waals surface area contributed by atoms with E-state index in [1.54, 1.807) is 6.07 Å². The molecule has 0 saturated carbocycles. The molecule has 1 aromatic rings. The number of aliphatic carboxylic acids is 1. The maximum Gasteiger partial charge on any atom is 0.327 e. The van der Waals surface area contributed by atoms with E-state index in [0.717, 1.165) is 9.13 Å². The van der Waals surface area contributed by atoms with Crippen LogP contribution < -0.4 is 0 Å². The fourth-order valence-corrected chi connectivity index (χ4v) is 3.85. The molecule has 4 nitrogen and oxygen atoms in total. The molecule has 0 aromatic heterocycles. The standard InChI is InChI=1S/C13H14INO3S/c1-7-4-3-5-9(11(7)14)12(16)15-8(2)19-6-10(15)13(17)18/h3-5,8,10H,6H2,1-2H3,(H,17,18). The van der Waals surface area contributed by atoms with Crippen LogP contribution in [0.15, 0.2) is 18.2 Å². The zero-order chi connectivity index (χ0) is 14.2. The second-order valence-corrected chi connectivity index (χ2v) is 6.86. The van der Waals surface area contributed by atoms with Crippen molar-refractivity contribution in [2.75, 3.05) is 5.75 Å². The summed E-state index contributed by atoms with van der Waals surface area (Å²) in [7, 11) is 0. The minimum atomic E-state index is -0.937. The average molecular weight is 391 g/mol. The zero-order valence-electron chi connectivity index (χ0n) is 10.6. The predicted molar refractivity (Wildman–Crippen MR) is 83.4 cm³/mol. The van der Waals surface area contributed by atoms with Crippen molar-refractivity contribution < 1.29 is 14.7 Å². The molecule has 0 radical (unpaired) electrons. The highest BCUT2D eigenvalue weighted by Gasteiger charge is 2.40. The first-order chi connectivity index (χ1) is 8.93. The largest absolute Gasteiger partial charge is 0.480 e. The molecule has 6 heteroatoms. The number of benzene rings is 1. The lowest BCUT2D eigenvalue weighted by Crippen LogP contribution is -2.45. The third-order valence-corrected chi connectivity index (χ3v) is 5.81. The number of rotatable bonds is 2. The smallest absolute Gasteiger partial charge is 0.327 e. The van der Waals surface area contributed by atoms with Crippen LogP contribution in [0.1, 0.15) is 22.8 Å². The Hall–Kier alpha value is -0.760. The van der Waals surface area contributed by atoms with Crippen LogP contribution in [0.5, 0.6) is 0 Å². The Morgan fingerprint density at radius 1 is 1.47 bits per heavy atom. The van der Waals surface area contributed by atoms with Gasteiger partial charge in [-0.15, -0.1) is 11.8 Å². The molecule has 1 saturated heterocycles. The highest BCUT2D eigenvalue weighted by molar-refractivity contribution is 14.1. The summed E-state index contributed by atoms with van der Waals surface area (Å²) < 4.78 is 0.887. The van der Waals surface area contributed by atoms with Crippen molar-refractivity contribution in [3.8, 4) is 0 Å². The number of aryl methyl sites for hydroxylation is 1. The summed E-state index contributed by atoms with van der Waals surface area (Å²) in [6.45, 7) is 3.81.